The third-order valence-electron chi connectivity index (χ3n) is 4.42. The van der Waals surface area contributed by atoms with Gasteiger partial charge in [0.25, 0.3) is 11.8 Å². The Morgan fingerprint density at radius 1 is 1.38 bits per heavy atom. The largest absolute Gasteiger partial charge is 0.348 e. The van der Waals surface area contributed by atoms with Crippen molar-refractivity contribution in [1.29, 1.82) is 0 Å². The van der Waals surface area contributed by atoms with Crippen molar-refractivity contribution in [2.75, 3.05) is 5.32 Å². The molecular formula is C19H20N4O2S. The van der Waals surface area contributed by atoms with Gasteiger partial charge in [-0.1, -0.05) is 19.9 Å². The number of nitrogens with zero attached hydrogens (tertiary/aromatic N) is 2. The molecule has 1 aliphatic rings. The predicted molar refractivity (Wildman–Crippen MR) is 103 cm³/mol. The van der Waals surface area contributed by atoms with E-state index in [2.05, 4.69) is 29.6 Å². The number of amides is 2. The molecule has 0 aliphatic carbocycles. The zero-order chi connectivity index (χ0) is 18.4. The maximum absolute atomic E-state index is 12.7. The van der Waals surface area contributed by atoms with Crippen LogP contribution in [0.5, 0.6) is 0 Å². The number of carbonyl (C=O) groups excluding carboxylic acids is 2. The van der Waals surface area contributed by atoms with Gasteiger partial charge in [0.15, 0.2) is 0 Å². The van der Waals surface area contributed by atoms with E-state index < -0.39 is 0 Å². The van der Waals surface area contributed by atoms with Gasteiger partial charge in [-0.3, -0.25) is 14.3 Å². The van der Waals surface area contributed by atoms with Gasteiger partial charge in [-0.2, -0.15) is 5.10 Å². The minimum Gasteiger partial charge on any atom is -0.348 e. The van der Waals surface area contributed by atoms with Gasteiger partial charge in [0.1, 0.15) is 4.83 Å². The number of rotatable bonds is 4. The number of hydrogen-bond acceptors (Lipinski definition) is 4. The van der Waals surface area contributed by atoms with E-state index in [1.54, 1.807) is 6.07 Å². The van der Waals surface area contributed by atoms with Gasteiger partial charge in [-0.05, 0) is 36.6 Å². The van der Waals surface area contributed by atoms with Crippen molar-refractivity contribution in [1.82, 2.24) is 15.1 Å². The molecule has 6 nitrogen and oxygen atoms in total. The molecule has 0 saturated carbocycles. The third kappa shape index (κ3) is 2.88. The molecule has 0 unspecified atom stereocenters. The monoisotopic (exact) mass is 368 g/mol. The van der Waals surface area contributed by atoms with Crippen molar-refractivity contribution >= 4 is 39.1 Å². The highest BCUT2D eigenvalue weighted by molar-refractivity contribution is 7.20. The molecule has 134 valence electrons. The molecule has 2 amide bonds. The lowest BCUT2D eigenvalue weighted by molar-refractivity contribution is 0.0964. The van der Waals surface area contributed by atoms with Gasteiger partial charge < -0.3 is 10.6 Å². The lowest BCUT2D eigenvalue weighted by Crippen LogP contribution is -2.13. The molecule has 26 heavy (non-hydrogen) atoms. The minimum atomic E-state index is -0.167. The third-order valence-corrected chi connectivity index (χ3v) is 5.57. The molecular weight excluding hydrogens is 348 g/mol. The summed E-state index contributed by atoms with van der Waals surface area (Å²) in [7, 11) is 0. The van der Waals surface area contributed by atoms with Crippen molar-refractivity contribution in [2.24, 2.45) is 5.92 Å². The van der Waals surface area contributed by atoms with E-state index in [0.717, 1.165) is 28.0 Å². The summed E-state index contributed by atoms with van der Waals surface area (Å²) in [6.07, 6.45) is 0. The highest BCUT2D eigenvalue weighted by atomic mass is 32.1. The van der Waals surface area contributed by atoms with Gasteiger partial charge in [0.2, 0.25) is 0 Å². The van der Waals surface area contributed by atoms with Gasteiger partial charge in [-0.25, -0.2) is 0 Å². The van der Waals surface area contributed by atoms with Crippen LogP contribution in [0.2, 0.25) is 0 Å². The molecule has 0 radical (unpaired) electrons. The molecule has 4 rings (SSSR count). The zero-order valence-electron chi connectivity index (χ0n) is 14.9. The van der Waals surface area contributed by atoms with E-state index in [-0.39, 0.29) is 11.8 Å². The van der Waals surface area contributed by atoms with E-state index in [4.69, 9.17) is 0 Å². The van der Waals surface area contributed by atoms with Gasteiger partial charge >= 0.3 is 0 Å². The predicted octanol–water partition coefficient (Wildman–Crippen LogP) is 3.56. The number of fused-ring (bicyclic) bond motifs is 2. The van der Waals surface area contributed by atoms with Crippen molar-refractivity contribution < 1.29 is 9.59 Å². The fourth-order valence-corrected chi connectivity index (χ4v) is 4.24. The minimum absolute atomic E-state index is 0.0950. The molecule has 3 heterocycles. The normalized spacial score (nSPS) is 13.3. The lowest BCUT2D eigenvalue weighted by atomic mass is 10.1. The molecule has 2 N–H and O–H groups in total. The number of carbonyl (C=O) groups is 2. The number of anilines is 1. The van der Waals surface area contributed by atoms with Crippen LogP contribution in [-0.2, 0) is 13.1 Å². The van der Waals surface area contributed by atoms with Crippen LogP contribution >= 0.6 is 11.3 Å². The Kier molecular flexibility index (Phi) is 4.03. The van der Waals surface area contributed by atoms with E-state index >= 15 is 0 Å². The van der Waals surface area contributed by atoms with Crippen LogP contribution in [-0.4, -0.2) is 21.6 Å². The second kappa shape index (κ2) is 6.25. The molecule has 7 heteroatoms. The molecule has 0 fully saturated rings. The Morgan fingerprint density at radius 2 is 2.19 bits per heavy atom. The first-order valence-corrected chi connectivity index (χ1v) is 9.43. The molecule has 0 bridgehead atoms. The first-order chi connectivity index (χ1) is 12.4. The van der Waals surface area contributed by atoms with Crippen LogP contribution in [0.15, 0.2) is 24.3 Å². The first-order valence-electron chi connectivity index (χ1n) is 8.62. The maximum Gasteiger partial charge on any atom is 0.265 e. The smallest absolute Gasteiger partial charge is 0.265 e. The highest BCUT2D eigenvalue weighted by Gasteiger charge is 2.20. The van der Waals surface area contributed by atoms with Crippen molar-refractivity contribution in [2.45, 2.75) is 33.9 Å². The van der Waals surface area contributed by atoms with Crippen LogP contribution in [0.25, 0.3) is 10.2 Å². The molecule has 2 aromatic heterocycles. The number of benzene rings is 1. The summed E-state index contributed by atoms with van der Waals surface area (Å²) in [5.74, 6) is 0.219. The van der Waals surface area contributed by atoms with Gasteiger partial charge in [-0.15, -0.1) is 11.3 Å². The van der Waals surface area contributed by atoms with Gasteiger partial charge in [0.05, 0.1) is 10.6 Å². The average Bonchev–Trinajstić information content (AvgIpc) is 3.25. The molecule has 1 aromatic carbocycles. The van der Waals surface area contributed by atoms with Crippen molar-refractivity contribution in [3.8, 4) is 0 Å². The Hall–Kier alpha value is -2.67. The number of nitrogens with one attached hydrogen (secondary N) is 2. The summed E-state index contributed by atoms with van der Waals surface area (Å²) in [5.41, 5.74) is 3.15. The Balaban J connectivity index is 1.61. The SMILES string of the molecule is Cc1nn(CC(C)C)c2sc(C(=O)Nc3ccc4c(c3)C(=O)NC4)cc12. The quantitative estimate of drug-likeness (QED) is 0.739. The fourth-order valence-electron chi connectivity index (χ4n) is 3.18. The van der Waals surface area contributed by atoms with Crippen LogP contribution in [0.4, 0.5) is 5.69 Å². The number of aryl methyl sites for hydroxylation is 1. The Labute approximate surface area is 155 Å². The summed E-state index contributed by atoms with van der Waals surface area (Å²) in [5, 5.41) is 11.3. The second-order valence-electron chi connectivity index (χ2n) is 7.00. The summed E-state index contributed by atoms with van der Waals surface area (Å²) in [6.45, 7) is 7.63. The summed E-state index contributed by atoms with van der Waals surface area (Å²) >= 11 is 1.45. The van der Waals surface area contributed by atoms with E-state index in [0.29, 0.717) is 28.6 Å². The van der Waals surface area contributed by atoms with Crippen molar-refractivity contribution in [3.63, 3.8) is 0 Å². The first kappa shape index (κ1) is 16.8. The summed E-state index contributed by atoms with van der Waals surface area (Å²) in [4.78, 5) is 26.1. The lowest BCUT2D eigenvalue weighted by Gasteiger charge is -2.06. The Morgan fingerprint density at radius 3 is 2.96 bits per heavy atom. The molecule has 0 spiro atoms. The van der Waals surface area contributed by atoms with Crippen molar-refractivity contribution in [3.05, 3.63) is 46.0 Å². The second-order valence-corrected chi connectivity index (χ2v) is 8.03. The average molecular weight is 368 g/mol. The van der Waals surface area contributed by atoms with Crippen LogP contribution in [0.1, 0.15) is 45.1 Å². The standard InChI is InChI=1S/C19H20N4O2S/c1-10(2)9-23-19-14(11(3)22-23)7-16(26-19)18(25)21-13-5-4-12-8-20-17(24)15(12)6-13/h4-7,10H,8-9H2,1-3H3,(H,20,24)(H,21,25). The van der Waals surface area contributed by atoms with Crippen LogP contribution in [0, 0.1) is 12.8 Å². The van der Waals surface area contributed by atoms with E-state index in [1.165, 1.54) is 11.3 Å². The highest BCUT2D eigenvalue weighted by Crippen LogP contribution is 2.30. The van der Waals surface area contributed by atoms with Gasteiger partial charge in [0, 0.05) is 29.7 Å². The fraction of sp³-hybridized carbons (Fsp3) is 0.316. The topological polar surface area (TPSA) is 76.0 Å². The van der Waals surface area contributed by atoms with E-state index in [1.807, 2.05) is 29.8 Å². The summed E-state index contributed by atoms with van der Waals surface area (Å²) in [6, 6.07) is 7.33. The number of thiophene rings is 1. The number of aromatic nitrogens is 2. The summed E-state index contributed by atoms with van der Waals surface area (Å²) < 4.78 is 1.98. The molecule has 3 aromatic rings. The maximum atomic E-state index is 12.7. The number of hydrogen-bond donors (Lipinski definition) is 2. The Bertz CT molecular complexity index is 1030. The molecule has 0 atom stereocenters. The zero-order valence-corrected chi connectivity index (χ0v) is 15.7. The molecule has 1 aliphatic heterocycles. The van der Waals surface area contributed by atoms with Crippen LogP contribution < -0.4 is 10.6 Å². The molecule has 0 saturated heterocycles. The van der Waals surface area contributed by atoms with Crippen LogP contribution in [0.3, 0.4) is 0 Å². The van der Waals surface area contributed by atoms with E-state index in [9.17, 15) is 9.59 Å².